The maximum Gasteiger partial charge on any atom is 0.326 e. The highest BCUT2D eigenvalue weighted by molar-refractivity contribution is 5.82. The number of likely N-dealkylation sites (tertiary alicyclic amines) is 1. The highest BCUT2D eigenvalue weighted by atomic mass is 16.4. The average molecular weight is 243 g/mol. The van der Waals surface area contributed by atoms with E-state index in [0.717, 1.165) is 19.3 Å². The van der Waals surface area contributed by atoms with Crippen molar-refractivity contribution in [3.05, 3.63) is 0 Å². The molecule has 1 rings (SSSR count). The zero-order valence-corrected chi connectivity index (χ0v) is 10.2. The molecule has 0 bridgehead atoms. The van der Waals surface area contributed by atoms with Crippen molar-refractivity contribution in [2.45, 2.75) is 44.7 Å². The lowest BCUT2D eigenvalue weighted by Gasteiger charge is -2.20. The van der Waals surface area contributed by atoms with Gasteiger partial charge in [0.05, 0.1) is 0 Å². The molecule has 2 atom stereocenters. The number of nitrogens with two attached hydrogens (primary N) is 1. The van der Waals surface area contributed by atoms with Gasteiger partial charge in [0.25, 0.3) is 0 Å². The van der Waals surface area contributed by atoms with Gasteiger partial charge in [-0.05, 0) is 12.8 Å². The number of rotatable bonds is 5. The number of aliphatic carboxylic acids is 1. The first kappa shape index (κ1) is 13.8. The number of unbranched alkanes of at least 4 members (excludes halogenated alkanes) is 1. The smallest absolute Gasteiger partial charge is 0.326 e. The van der Waals surface area contributed by atoms with Crippen LogP contribution in [0.25, 0.3) is 0 Å². The number of amides is 2. The SMILES string of the molecule is CCCC[C@H](NC(=O)N1CCC(N)C1)C(=O)O. The molecule has 17 heavy (non-hydrogen) atoms. The van der Waals surface area contributed by atoms with Gasteiger partial charge in [-0.2, -0.15) is 0 Å². The Bertz CT molecular complexity index is 283. The predicted molar refractivity (Wildman–Crippen MR) is 63.6 cm³/mol. The fourth-order valence-electron chi connectivity index (χ4n) is 1.88. The van der Waals surface area contributed by atoms with Gasteiger partial charge in [-0.3, -0.25) is 0 Å². The van der Waals surface area contributed by atoms with Crippen LogP contribution in [-0.2, 0) is 4.79 Å². The van der Waals surface area contributed by atoms with Gasteiger partial charge >= 0.3 is 12.0 Å². The van der Waals surface area contributed by atoms with Gasteiger partial charge in [0.2, 0.25) is 0 Å². The summed E-state index contributed by atoms with van der Waals surface area (Å²) in [6.45, 7) is 3.10. The van der Waals surface area contributed by atoms with Gasteiger partial charge in [-0.1, -0.05) is 19.8 Å². The first-order valence-corrected chi connectivity index (χ1v) is 6.08. The maximum absolute atomic E-state index is 11.8. The van der Waals surface area contributed by atoms with Crippen molar-refractivity contribution in [1.82, 2.24) is 10.2 Å². The number of nitrogens with zero attached hydrogens (tertiary/aromatic N) is 1. The molecule has 4 N–H and O–H groups in total. The minimum Gasteiger partial charge on any atom is -0.480 e. The number of hydrogen-bond acceptors (Lipinski definition) is 3. The highest BCUT2D eigenvalue weighted by Gasteiger charge is 2.27. The zero-order valence-electron chi connectivity index (χ0n) is 10.2. The molecule has 6 heteroatoms. The summed E-state index contributed by atoms with van der Waals surface area (Å²) in [5.41, 5.74) is 5.70. The normalized spacial score (nSPS) is 21.3. The highest BCUT2D eigenvalue weighted by Crippen LogP contribution is 2.08. The van der Waals surface area contributed by atoms with E-state index in [-0.39, 0.29) is 12.1 Å². The molecule has 1 fully saturated rings. The number of carboxylic acid groups (broad SMARTS) is 1. The third kappa shape index (κ3) is 4.22. The Morgan fingerprint density at radius 3 is 2.76 bits per heavy atom. The van der Waals surface area contributed by atoms with Crippen molar-refractivity contribution in [1.29, 1.82) is 0 Å². The topological polar surface area (TPSA) is 95.7 Å². The molecule has 98 valence electrons. The van der Waals surface area contributed by atoms with Crippen LogP contribution in [0.15, 0.2) is 0 Å². The molecule has 0 aliphatic carbocycles. The van der Waals surface area contributed by atoms with E-state index in [2.05, 4.69) is 5.32 Å². The van der Waals surface area contributed by atoms with Crippen molar-refractivity contribution < 1.29 is 14.7 Å². The van der Waals surface area contributed by atoms with Crippen LogP contribution in [0, 0.1) is 0 Å². The van der Waals surface area contributed by atoms with Crippen LogP contribution in [0.1, 0.15) is 32.6 Å². The lowest BCUT2D eigenvalue weighted by molar-refractivity contribution is -0.139. The Hall–Kier alpha value is -1.30. The van der Waals surface area contributed by atoms with E-state index in [1.807, 2.05) is 6.92 Å². The number of carboxylic acids is 1. The van der Waals surface area contributed by atoms with Crippen molar-refractivity contribution in [3.63, 3.8) is 0 Å². The van der Waals surface area contributed by atoms with Gasteiger partial charge < -0.3 is 21.1 Å². The molecule has 0 saturated carbocycles. The number of carbonyl (C=O) groups excluding carboxylic acids is 1. The van der Waals surface area contributed by atoms with Crippen molar-refractivity contribution in [2.75, 3.05) is 13.1 Å². The van der Waals surface area contributed by atoms with Crippen LogP contribution in [0.5, 0.6) is 0 Å². The predicted octanol–water partition coefficient (Wildman–Crippen LogP) is 0.372. The van der Waals surface area contributed by atoms with E-state index in [0.29, 0.717) is 19.5 Å². The third-order valence-electron chi connectivity index (χ3n) is 2.95. The fraction of sp³-hybridized carbons (Fsp3) is 0.818. The van der Waals surface area contributed by atoms with Crippen molar-refractivity contribution in [3.8, 4) is 0 Å². The Labute approximate surface area is 101 Å². The molecule has 6 nitrogen and oxygen atoms in total. The molecule has 0 aromatic rings. The van der Waals surface area contributed by atoms with E-state index >= 15 is 0 Å². The van der Waals surface area contributed by atoms with Crippen LogP contribution in [0.4, 0.5) is 4.79 Å². The first-order valence-electron chi connectivity index (χ1n) is 6.08. The van der Waals surface area contributed by atoms with E-state index in [9.17, 15) is 9.59 Å². The summed E-state index contributed by atoms with van der Waals surface area (Å²) in [4.78, 5) is 24.3. The number of nitrogens with one attached hydrogen (secondary N) is 1. The summed E-state index contributed by atoms with van der Waals surface area (Å²) in [5, 5.41) is 11.5. The molecule has 0 aromatic heterocycles. The fourth-order valence-corrected chi connectivity index (χ4v) is 1.88. The van der Waals surface area contributed by atoms with E-state index < -0.39 is 12.0 Å². The molecule has 1 saturated heterocycles. The molecular weight excluding hydrogens is 222 g/mol. The summed E-state index contributed by atoms with van der Waals surface area (Å²) in [5.74, 6) is -0.977. The van der Waals surface area contributed by atoms with E-state index in [1.165, 1.54) is 0 Å². The molecule has 2 amide bonds. The van der Waals surface area contributed by atoms with Crippen LogP contribution < -0.4 is 11.1 Å². The molecule has 1 heterocycles. The van der Waals surface area contributed by atoms with Crippen LogP contribution in [0.2, 0.25) is 0 Å². The molecule has 0 radical (unpaired) electrons. The number of urea groups is 1. The Morgan fingerprint density at radius 1 is 1.59 bits per heavy atom. The lowest BCUT2D eigenvalue weighted by Crippen LogP contribution is -2.47. The monoisotopic (exact) mass is 243 g/mol. The van der Waals surface area contributed by atoms with Gasteiger partial charge in [0.15, 0.2) is 0 Å². The van der Waals surface area contributed by atoms with Crippen LogP contribution in [0.3, 0.4) is 0 Å². The minimum atomic E-state index is -0.977. The summed E-state index contributed by atoms with van der Waals surface area (Å²) >= 11 is 0. The van der Waals surface area contributed by atoms with Gasteiger partial charge in [0.1, 0.15) is 6.04 Å². The minimum absolute atomic E-state index is 0.0136. The number of hydrogen-bond donors (Lipinski definition) is 3. The number of carbonyl (C=O) groups is 2. The average Bonchev–Trinajstić information content (AvgIpc) is 2.70. The van der Waals surface area contributed by atoms with Crippen LogP contribution in [-0.4, -0.2) is 47.2 Å². The quantitative estimate of drug-likeness (QED) is 0.650. The maximum atomic E-state index is 11.8. The molecule has 0 aromatic carbocycles. The summed E-state index contributed by atoms with van der Waals surface area (Å²) in [6, 6.07) is -1.10. The van der Waals surface area contributed by atoms with Crippen LogP contribution >= 0.6 is 0 Å². The molecular formula is C11H21N3O3. The molecule has 1 unspecified atom stereocenters. The van der Waals surface area contributed by atoms with Gasteiger partial charge in [-0.25, -0.2) is 9.59 Å². The summed E-state index contributed by atoms with van der Waals surface area (Å²) in [6.07, 6.45) is 2.95. The zero-order chi connectivity index (χ0) is 12.8. The summed E-state index contributed by atoms with van der Waals surface area (Å²) < 4.78 is 0. The third-order valence-corrected chi connectivity index (χ3v) is 2.95. The van der Waals surface area contributed by atoms with Gasteiger partial charge in [0, 0.05) is 19.1 Å². The van der Waals surface area contributed by atoms with E-state index in [4.69, 9.17) is 10.8 Å². The van der Waals surface area contributed by atoms with Gasteiger partial charge in [-0.15, -0.1) is 0 Å². The lowest BCUT2D eigenvalue weighted by atomic mass is 10.1. The second-order valence-electron chi connectivity index (χ2n) is 4.48. The summed E-state index contributed by atoms with van der Waals surface area (Å²) in [7, 11) is 0. The largest absolute Gasteiger partial charge is 0.480 e. The first-order chi connectivity index (χ1) is 8.04. The molecule has 1 aliphatic rings. The van der Waals surface area contributed by atoms with Crippen molar-refractivity contribution in [2.24, 2.45) is 5.73 Å². The second kappa shape index (κ2) is 6.44. The Balaban J connectivity index is 2.43. The second-order valence-corrected chi connectivity index (χ2v) is 4.48. The standard InChI is InChI=1S/C11H21N3O3/c1-2-3-4-9(10(15)16)13-11(17)14-6-5-8(12)7-14/h8-9H,2-7,12H2,1H3,(H,13,17)(H,15,16)/t8?,9-/m0/s1. The van der Waals surface area contributed by atoms with E-state index in [1.54, 1.807) is 4.90 Å². The van der Waals surface area contributed by atoms with Crippen molar-refractivity contribution >= 4 is 12.0 Å². The molecule has 0 spiro atoms. The molecule has 1 aliphatic heterocycles. The Kier molecular flexibility index (Phi) is 5.21. The Morgan fingerprint density at radius 2 is 2.29 bits per heavy atom.